The summed E-state index contributed by atoms with van der Waals surface area (Å²) in [5.41, 5.74) is 4.50. The lowest BCUT2D eigenvalue weighted by molar-refractivity contribution is -0.0689. The summed E-state index contributed by atoms with van der Waals surface area (Å²) < 4.78 is 31.5. The first-order chi connectivity index (χ1) is 9.37. The number of nitrogens with zero attached hydrogens (tertiary/aromatic N) is 1. The fourth-order valence-corrected chi connectivity index (χ4v) is 4.86. The second kappa shape index (κ2) is 6.08. The molecule has 0 saturated carbocycles. The summed E-state index contributed by atoms with van der Waals surface area (Å²) in [7, 11) is -2.08. The SMILES string of the molecule is CN(CC1(O)CCOCC1)S(=O)(=O)c1ccc(CN)s1. The Bertz CT molecular complexity index is 550. The molecule has 0 aromatic carbocycles. The van der Waals surface area contributed by atoms with Gasteiger partial charge in [-0.1, -0.05) is 0 Å². The molecule has 0 bridgehead atoms. The van der Waals surface area contributed by atoms with Crippen LogP contribution in [0.5, 0.6) is 0 Å². The highest BCUT2D eigenvalue weighted by atomic mass is 32.2. The molecule has 3 N–H and O–H groups in total. The zero-order valence-electron chi connectivity index (χ0n) is 11.4. The predicted octanol–water partition coefficient (Wildman–Crippen LogP) is 0.369. The monoisotopic (exact) mass is 320 g/mol. The van der Waals surface area contributed by atoms with Crippen LogP contribution in [0.2, 0.25) is 0 Å². The van der Waals surface area contributed by atoms with Crippen LogP contribution in [0, 0.1) is 0 Å². The summed E-state index contributed by atoms with van der Waals surface area (Å²) in [5, 5.41) is 10.4. The van der Waals surface area contributed by atoms with Crippen molar-refractivity contribution in [2.45, 2.75) is 29.2 Å². The Hall–Kier alpha value is -0.510. The first-order valence-electron chi connectivity index (χ1n) is 6.43. The molecule has 20 heavy (non-hydrogen) atoms. The van der Waals surface area contributed by atoms with Gasteiger partial charge in [-0.05, 0) is 12.1 Å². The number of aliphatic hydroxyl groups is 1. The molecule has 1 aliphatic heterocycles. The minimum Gasteiger partial charge on any atom is -0.388 e. The standard InChI is InChI=1S/C12H20N2O4S2/c1-14(9-12(15)4-6-18-7-5-12)20(16,17)11-3-2-10(8-13)19-11/h2-3,15H,4-9,13H2,1H3. The van der Waals surface area contributed by atoms with Gasteiger partial charge in [-0.3, -0.25) is 0 Å². The van der Waals surface area contributed by atoms with Crippen LogP contribution in [0.1, 0.15) is 17.7 Å². The van der Waals surface area contributed by atoms with Gasteiger partial charge in [-0.15, -0.1) is 11.3 Å². The van der Waals surface area contributed by atoms with E-state index in [1.54, 1.807) is 12.1 Å². The molecular formula is C12H20N2O4S2. The van der Waals surface area contributed by atoms with Crippen molar-refractivity contribution in [3.05, 3.63) is 17.0 Å². The van der Waals surface area contributed by atoms with Gasteiger partial charge in [0.15, 0.2) is 0 Å². The molecular weight excluding hydrogens is 300 g/mol. The molecule has 0 unspecified atom stereocenters. The van der Waals surface area contributed by atoms with Crippen molar-refractivity contribution in [2.24, 2.45) is 5.73 Å². The minimum atomic E-state index is -3.57. The van der Waals surface area contributed by atoms with Crippen LogP contribution in [0.15, 0.2) is 16.3 Å². The largest absolute Gasteiger partial charge is 0.388 e. The predicted molar refractivity (Wildman–Crippen MR) is 77.0 cm³/mol. The van der Waals surface area contributed by atoms with Crippen LogP contribution in [-0.2, 0) is 21.3 Å². The maximum Gasteiger partial charge on any atom is 0.252 e. The van der Waals surface area contributed by atoms with Crippen LogP contribution in [0.3, 0.4) is 0 Å². The number of nitrogens with two attached hydrogens (primary N) is 1. The van der Waals surface area contributed by atoms with Crippen LogP contribution in [0.4, 0.5) is 0 Å². The maximum absolute atomic E-state index is 12.4. The van der Waals surface area contributed by atoms with Crippen molar-refractivity contribution in [3.8, 4) is 0 Å². The fourth-order valence-electron chi connectivity index (χ4n) is 2.17. The van der Waals surface area contributed by atoms with Gasteiger partial charge in [0.25, 0.3) is 10.0 Å². The number of sulfonamides is 1. The van der Waals surface area contributed by atoms with E-state index in [1.165, 1.54) is 22.7 Å². The van der Waals surface area contributed by atoms with Gasteiger partial charge in [0.05, 0.1) is 5.60 Å². The number of ether oxygens (including phenoxy) is 1. The normalized spacial score (nSPS) is 19.4. The maximum atomic E-state index is 12.4. The third kappa shape index (κ3) is 3.38. The van der Waals surface area contributed by atoms with E-state index in [0.29, 0.717) is 32.6 Å². The summed E-state index contributed by atoms with van der Waals surface area (Å²) in [5.74, 6) is 0. The van der Waals surface area contributed by atoms with Crippen LogP contribution >= 0.6 is 11.3 Å². The van der Waals surface area contributed by atoms with Gasteiger partial charge in [0.1, 0.15) is 4.21 Å². The molecule has 6 nitrogen and oxygen atoms in total. The molecule has 0 radical (unpaired) electrons. The highest BCUT2D eigenvalue weighted by Gasteiger charge is 2.35. The van der Waals surface area contributed by atoms with Crippen molar-refractivity contribution in [1.82, 2.24) is 4.31 Å². The summed E-state index contributed by atoms with van der Waals surface area (Å²) >= 11 is 1.17. The van der Waals surface area contributed by atoms with Gasteiger partial charge >= 0.3 is 0 Å². The molecule has 1 saturated heterocycles. The Morgan fingerprint density at radius 2 is 2.10 bits per heavy atom. The zero-order valence-corrected chi connectivity index (χ0v) is 13.0. The number of rotatable bonds is 5. The average molecular weight is 320 g/mol. The molecule has 0 spiro atoms. The van der Waals surface area contributed by atoms with E-state index in [1.807, 2.05) is 0 Å². The molecule has 1 aromatic heterocycles. The minimum absolute atomic E-state index is 0.0779. The molecule has 0 amide bonds. The lowest BCUT2D eigenvalue weighted by atomic mass is 9.95. The van der Waals surface area contributed by atoms with Gasteiger partial charge in [0.2, 0.25) is 0 Å². The first kappa shape index (κ1) is 15.9. The number of hydrogen-bond acceptors (Lipinski definition) is 6. The number of thiophene rings is 1. The molecule has 0 atom stereocenters. The van der Waals surface area contributed by atoms with E-state index in [-0.39, 0.29) is 10.8 Å². The average Bonchev–Trinajstić information content (AvgIpc) is 2.88. The summed E-state index contributed by atoms with van der Waals surface area (Å²) in [4.78, 5) is 0.821. The number of hydrogen-bond donors (Lipinski definition) is 2. The van der Waals surface area contributed by atoms with Gasteiger partial charge in [-0.2, -0.15) is 4.31 Å². The molecule has 2 rings (SSSR count). The molecule has 1 aliphatic rings. The van der Waals surface area contributed by atoms with Crippen LogP contribution in [-0.4, -0.2) is 50.2 Å². The zero-order chi connectivity index (χ0) is 14.8. The van der Waals surface area contributed by atoms with E-state index in [0.717, 1.165) is 4.88 Å². The van der Waals surface area contributed by atoms with Crippen molar-refractivity contribution < 1.29 is 18.3 Å². The Balaban J connectivity index is 2.12. The van der Waals surface area contributed by atoms with E-state index >= 15 is 0 Å². The Morgan fingerprint density at radius 3 is 2.65 bits per heavy atom. The van der Waals surface area contributed by atoms with Crippen LogP contribution in [0.25, 0.3) is 0 Å². The second-order valence-corrected chi connectivity index (χ2v) is 8.46. The Labute approximate surface area is 123 Å². The van der Waals surface area contributed by atoms with Crippen molar-refractivity contribution >= 4 is 21.4 Å². The first-order valence-corrected chi connectivity index (χ1v) is 8.68. The van der Waals surface area contributed by atoms with Gasteiger partial charge in [-0.25, -0.2) is 8.42 Å². The number of likely N-dealkylation sites (N-methyl/N-ethyl adjacent to an activating group) is 1. The van der Waals surface area contributed by atoms with Crippen molar-refractivity contribution in [1.29, 1.82) is 0 Å². The Morgan fingerprint density at radius 1 is 1.45 bits per heavy atom. The second-order valence-electron chi connectivity index (χ2n) is 5.02. The van der Waals surface area contributed by atoms with E-state index in [9.17, 15) is 13.5 Å². The fraction of sp³-hybridized carbons (Fsp3) is 0.667. The molecule has 114 valence electrons. The lowest BCUT2D eigenvalue weighted by Crippen LogP contribution is -2.47. The topological polar surface area (TPSA) is 92.9 Å². The molecule has 1 aromatic rings. The van der Waals surface area contributed by atoms with Gasteiger partial charge in [0, 0.05) is 51.1 Å². The quantitative estimate of drug-likeness (QED) is 0.817. The van der Waals surface area contributed by atoms with Crippen LogP contribution < -0.4 is 5.73 Å². The molecule has 8 heteroatoms. The summed E-state index contributed by atoms with van der Waals surface area (Å²) in [6, 6.07) is 3.28. The van der Waals surface area contributed by atoms with E-state index < -0.39 is 15.6 Å². The summed E-state index contributed by atoms with van der Waals surface area (Å²) in [6.07, 6.45) is 0.900. The van der Waals surface area contributed by atoms with E-state index in [4.69, 9.17) is 10.5 Å². The molecule has 0 aliphatic carbocycles. The highest BCUT2D eigenvalue weighted by Crippen LogP contribution is 2.27. The van der Waals surface area contributed by atoms with Crippen molar-refractivity contribution in [2.75, 3.05) is 26.8 Å². The van der Waals surface area contributed by atoms with Crippen molar-refractivity contribution in [3.63, 3.8) is 0 Å². The smallest absolute Gasteiger partial charge is 0.252 e. The third-order valence-corrected chi connectivity index (χ3v) is 6.82. The highest BCUT2D eigenvalue weighted by molar-refractivity contribution is 7.91. The van der Waals surface area contributed by atoms with Gasteiger partial charge < -0.3 is 15.6 Å². The molecule has 1 fully saturated rings. The van der Waals surface area contributed by atoms with E-state index in [2.05, 4.69) is 0 Å². The molecule has 2 heterocycles. The lowest BCUT2D eigenvalue weighted by Gasteiger charge is -2.34. The Kier molecular flexibility index (Phi) is 4.83. The summed E-state index contributed by atoms with van der Waals surface area (Å²) in [6.45, 7) is 1.32. The third-order valence-electron chi connectivity index (χ3n) is 3.44.